The topological polar surface area (TPSA) is 84.5 Å². The van der Waals surface area contributed by atoms with Crippen LogP contribution in [-0.2, 0) is 19.6 Å². The number of rotatable bonds is 5. The third-order valence-corrected chi connectivity index (χ3v) is 4.35. The second kappa shape index (κ2) is 5.79. The molecule has 0 radical (unpaired) electrons. The van der Waals surface area contributed by atoms with E-state index in [0.717, 1.165) is 0 Å². The molecule has 100 valence electrons. The van der Waals surface area contributed by atoms with Crippen molar-refractivity contribution in [3.05, 3.63) is 0 Å². The zero-order chi connectivity index (χ0) is 12.9. The van der Waals surface area contributed by atoms with Crippen LogP contribution in [0.15, 0.2) is 0 Å². The van der Waals surface area contributed by atoms with Crippen molar-refractivity contribution in [3.63, 3.8) is 0 Å². The third kappa shape index (κ3) is 3.65. The van der Waals surface area contributed by atoms with Crippen molar-refractivity contribution in [3.8, 4) is 0 Å². The van der Waals surface area contributed by atoms with Crippen molar-refractivity contribution < 1.29 is 17.9 Å². The number of piperidine rings is 1. The molecule has 0 aromatic rings. The molecule has 1 aliphatic rings. The molecule has 0 bridgehead atoms. The Morgan fingerprint density at radius 1 is 1.41 bits per heavy atom. The van der Waals surface area contributed by atoms with Crippen LogP contribution in [0.1, 0.15) is 19.8 Å². The first-order chi connectivity index (χ1) is 7.96. The van der Waals surface area contributed by atoms with Gasteiger partial charge in [-0.1, -0.05) is 0 Å². The molecule has 1 aliphatic heterocycles. The van der Waals surface area contributed by atoms with Crippen molar-refractivity contribution >= 4 is 15.9 Å². The van der Waals surface area contributed by atoms with E-state index in [-0.39, 0.29) is 12.4 Å². The summed E-state index contributed by atoms with van der Waals surface area (Å²) in [5.74, 6) is -0.539. The average Bonchev–Trinajstić information content (AvgIpc) is 2.30. The first-order valence-electron chi connectivity index (χ1n) is 5.70. The fourth-order valence-electron chi connectivity index (χ4n) is 1.94. The molecule has 0 unspecified atom stereocenters. The summed E-state index contributed by atoms with van der Waals surface area (Å²) < 4.78 is 30.0. The molecule has 0 aromatic carbocycles. The van der Waals surface area contributed by atoms with Crippen LogP contribution in [-0.4, -0.2) is 46.9 Å². The predicted molar refractivity (Wildman–Crippen MR) is 64.0 cm³/mol. The van der Waals surface area contributed by atoms with Crippen molar-refractivity contribution in [2.75, 3.05) is 32.6 Å². The maximum absolute atomic E-state index is 12.1. The predicted octanol–water partition coefficient (Wildman–Crippen LogP) is -0.531. The molecule has 17 heavy (non-hydrogen) atoms. The van der Waals surface area contributed by atoms with Gasteiger partial charge in [-0.05, 0) is 32.9 Å². The second-order valence-electron chi connectivity index (χ2n) is 4.30. The maximum Gasteiger partial charge on any atom is 0.242 e. The third-order valence-electron chi connectivity index (χ3n) is 3.09. The summed E-state index contributed by atoms with van der Waals surface area (Å²) in [7, 11) is -1.98. The monoisotopic (exact) mass is 264 g/mol. The summed E-state index contributed by atoms with van der Waals surface area (Å²) in [4.78, 5) is 12.1. The standard InChI is InChI=1S/C10H20N2O4S/c1-3-17(14,15)12-9(13)10(8-16-2)4-6-11-7-5-10/h11H,3-8H2,1-2H3,(H,12,13). The van der Waals surface area contributed by atoms with E-state index in [4.69, 9.17) is 4.74 Å². The van der Waals surface area contributed by atoms with E-state index in [1.54, 1.807) is 0 Å². The van der Waals surface area contributed by atoms with Crippen LogP contribution in [0.3, 0.4) is 0 Å². The van der Waals surface area contributed by atoms with E-state index in [2.05, 4.69) is 10.0 Å². The lowest BCUT2D eigenvalue weighted by Gasteiger charge is -2.35. The second-order valence-corrected chi connectivity index (χ2v) is 6.31. The van der Waals surface area contributed by atoms with Gasteiger partial charge in [0.15, 0.2) is 0 Å². The van der Waals surface area contributed by atoms with Gasteiger partial charge in [0.2, 0.25) is 15.9 Å². The smallest absolute Gasteiger partial charge is 0.242 e. The van der Waals surface area contributed by atoms with E-state index in [9.17, 15) is 13.2 Å². The molecule has 0 atom stereocenters. The van der Waals surface area contributed by atoms with Crippen LogP contribution in [0.25, 0.3) is 0 Å². The zero-order valence-electron chi connectivity index (χ0n) is 10.3. The Balaban J connectivity index is 2.80. The molecule has 2 N–H and O–H groups in total. The Bertz CT molecular complexity index is 355. The Hall–Kier alpha value is -0.660. The Morgan fingerprint density at radius 2 is 2.00 bits per heavy atom. The average molecular weight is 264 g/mol. The summed E-state index contributed by atoms with van der Waals surface area (Å²) in [6, 6.07) is 0. The van der Waals surface area contributed by atoms with Gasteiger partial charge in [-0.2, -0.15) is 0 Å². The number of sulfonamides is 1. The number of methoxy groups -OCH3 is 1. The minimum absolute atomic E-state index is 0.0972. The van der Waals surface area contributed by atoms with Crippen molar-refractivity contribution in [1.29, 1.82) is 0 Å². The molecule has 7 heteroatoms. The molecule has 1 fully saturated rings. The van der Waals surface area contributed by atoms with Crippen LogP contribution >= 0.6 is 0 Å². The van der Waals surface area contributed by atoms with Crippen LogP contribution in [0.4, 0.5) is 0 Å². The van der Waals surface area contributed by atoms with Gasteiger partial charge in [-0.15, -0.1) is 0 Å². The number of nitrogens with one attached hydrogen (secondary N) is 2. The van der Waals surface area contributed by atoms with Crippen molar-refractivity contribution in [1.82, 2.24) is 10.0 Å². The highest BCUT2D eigenvalue weighted by Gasteiger charge is 2.41. The lowest BCUT2D eigenvalue weighted by Crippen LogP contribution is -2.51. The van der Waals surface area contributed by atoms with Crippen molar-refractivity contribution in [2.45, 2.75) is 19.8 Å². The number of amides is 1. The molecule has 0 spiro atoms. The fourth-order valence-corrected chi connectivity index (χ4v) is 2.58. The number of ether oxygens (including phenoxy) is 1. The normalized spacial score (nSPS) is 19.9. The minimum atomic E-state index is -3.50. The van der Waals surface area contributed by atoms with Crippen LogP contribution in [0.5, 0.6) is 0 Å². The molecule has 1 saturated heterocycles. The molecule has 0 saturated carbocycles. The van der Waals surface area contributed by atoms with Gasteiger partial charge in [0.25, 0.3) is 0 Å². The van der Waals surface area contributed by atoms with Gasteiger partial charge in [-0.25, -0.2) is 8.42 Å². The van der Waals surface area contributed by atoms with Gasteiger partial charge in [0, 0.05) is 7.11 Å². The van der Waals surface area contributed by atoms with Crippen LogP contribution < -0.4 is 10.0 Å². The Kier molecular flexibility index (Phi) is 4.91. The van der Waals surface area contributed by atoms with Gasteiger partial charge in [0.05, 0.1) is 17.8 Å². The maximum atomic E-state index is 12.1. The summed E-state index contributed by atoms with van der Waals surface area (Å²) in [6.07, 6.45) is 1.18. The quantitative estimate of drug-likeness (QED) is 0.697. The summed E-state index contributed by atoms with van der Waals surface area (Å²) in [5.41, 5.74) is -0.720. The molecular weight excluding hydrogens is 244 g/mol. The van der Waals surface area contributed by atoms with Gasteiger partial charge < -0.3 is 10.1 Å². The lowest BCUT2D eigenvalue weighted by atomic mass is 9.79. The highest BCUT2D eigenvalue weighted by Crippen LogP contribution is 2.29. The largest absolute Gasteiger partial charge is 0.384 e. The Labute approximate surface area is 102 Å². The molecule has 1 rings (SSSR count). The minimum Gasteiger partial charge on any atom is -0.384 e. The zero-order valence-corrected chi connectivity index (χ0v) is 11.1. The van der Waals surface area contributed by atoms with Crippen molar-refractivity contribution in [2.24, 2.45) is 5.41 Å². The molecule has 1 amide bonds. The highest BCUT2D eigenvalue weighted by atomic mass is 32.2. The van der Waals surface area contributed by atoms with E-state index in [0.29, 0.717) is 25.9 Å². The van der Waals surface area contributed by atoms with Gasteiger partial charge in [-0.3, -0.25) is 9.52 Å². The molecular formula is C10H20N2O4S. The molecule has 6 nitrogen and oxygen atoms in total. The number of carbonyl (C=O) groups is 1. The summed E-state index contributed by atoms with van der Waals surface area (Å²) in [5, 5.41) is 3.14. The fraction of sp³-hybridized carbons (Fsp3) is 0.900. The number of hydrogen-bond donors (Lipinski definition) is 2. The van der Waals surface area contributed by atoms with E-state index >= 15 is 0 Å². The SMILES string of the molecule is CCS(=O)(=O)NC(=O)C1(COC)CCNCC1. The first-order valence-corrected chi connectivity index (χ1v) is 7.35. The van der Waals surface area contributed by atoms with E-state index < -0.39 is 21.3 Å². The van der Waals surface area contributed by atoms with Gasteiger partial charge >= 0.3 is 0 Å². The van der Waals surface area contributed by atoms with Gasteiger partial charge in [0.1, 0.15) is 0 Å². The lowest BCUT2D eigenvalue weighted by molar-refractivity contribution is -0.134. The van der Waals surface area contributed by atoms with Crippen LogP contribution in [0.2, 0.25) is 0 Å². The summed E-state index contributed by atoms with van der Waals surface area (Å²) >= 11 is 0. The Morgan fingerprint density at radius 3 is 2.47 bits per heavy atom. The highest BCUT2D eigenvalue weighted by molar-refractivity contribution is 7.90. The number of carbonyl (C=O) groups excluding carboxylic acids is 1. The first kappa shape index (κ1) is 14.4. The van der Waals surface area contributed by atoms with Crippen LogP contribution in [0, 0.1) is 5.41 Å². The molecule has 0 aromatic heterocycles. The summed E-state index contributed by atoms with van der Waals surface area (Å²) in [6.45, 7) is 3.15. The van der Waals surface area contributed by atoms with E-state index in [1.807, 2.05) is 0 Å². The number of hydrogen-bond acceptors (Lipinski definition) is 5. The molecule has 0 aliphatic carbocycles. The van der Waals surface area contributed by atoms with E-state index in [1.165, 1.54) is 14.0 Å². The molecule has 1 heterocycles.